The van der Waals surface area contributed by atoms with Crippen LogP contribution in [0.25, 0.3) is 0 Å². The number of rotatable bonds is 4. The predicted molar refractivity (Wildman–Crippen MR) is 63.5 cm³/mol. The zero-order valence-electron chi connectivity index (χ0n) is 8.82. The van der Waals surface area contributed by atoms with Gasteiger partial charge in [-0.2, -0.15) is 0 Å². The van der Waals surface area contributed by atoms with Crippen LogP contribution in [0.5, 0.6) is 0 Å². The smallest absolute Gasteiger partial charge is 0.103 e. The molecule has 0 aromatic rings. The normalized spacial score (nSPS) is 13.6. The van der Waals surface area contributed by atoms with Crippen LogP contribution in [-0.2, 0) is 0 Å². The van der Waals surface area contributed by atoms with Gasteiger partial charge in [0.05, 0.1) is 0 Å². The summed E-state index contributed by atoms with van der Waals surface area (Å²) in [5.74, 6) is 0. The lowest BCUT2D eigenvalue weighted by atomic mass is 11.0. The Hall–Kier alpha value is 0.784. The van der Waals surface area contributed by atoms with Crippen molar-refractivity contribution in [2.75, 3.05) is 0 Å². The summed E-state index contributed by atoms with van der Waals surface area (Å²) in [4.78, 5) is 0. The van der Waals surface area contributed by atoms with Gasteiger partial charge in [-0.25, -0.2) is 10.7 Å². The van der Waals surface area contributed by atoms with Crippen molar-refractivity contribution in [2.24, 2.45) is 0 Å². The SMILES string of the molecule is CC[Si](C)(C)S[Si](C)(C)CC. The molecule has 0 nitrogen and oxygen atoms in total. The van der Waals surface area contributed by atoms with Crippen LogP contribution in [-0.4, -0.2) is 14.4 Å². The van der Waals surface area contributed by atoms with Crippen molar-refractivity contribution in [3.05, 3.63) is 0 Å². The largest absolute Gasteiger partial charge is 0.206 e. The molecule has 11 heavy (non-hydrogen) atoms. The average Bonchev–Trinajstić information content (AvgIpc) is 1.86. The first-order valence-corrected chi connectivity index (χ1v) is 13.2. The molecule has 0 bridgehead atoms. The highest BCUT2D eigenvalue weighted by Crippen LogP contribution is 2.35. The average molecular weight is 207 g/mol. The third kappa shape index (κ3) is 5.09. The van der Waals surface area contributed by atoms with Gasteiger partial charge in [0.25, 0.3) is 0 Å². The van der Waals surface area contributed by atoms with Gasteiger partial charge in [-0.15, -0.1) is 0 Å². The second-order valence-electron chi connectivity index (χ2n) is 4.33. The van der Waals surface area contributed by atoms with Crippen molar-refractivity contribution in [2.45, 2.75) is 52.1 Å². The van der Waals surface area contributed by atoms with E-state index >= 15 is 0 Å². The first kappa shape index (κ1) is 11.8. The Bertz CT molecular complexity index is 107. The van der Waals surface area contributed by atoms with E-state index in [0.29, 0.717) is 0 Å². The lowest BCUT2D eigenvalue weighted by Gasteiger charge is -2.30. The molecule has 0 aromatic carbocycles. The molecule has 0 aliphatic rings. The predicted octanol–water partition coefficient (Wildman–Crippen LogP) is 4.17. The van der Waals surface area contributed by atoms with Gasteiger partial charge in [0.1, 0.15) is 14.4 Å². The molecular weight excluding hydrogens is 184 g/mol. The highest BCUT2D eigenvalue weighted by atomic mass is 32.5. The monoisotopic (exact) mass is 206 g/mol. The molecule has 0 radical (unpaired) electrons. The molecule has 0 saturated heterocycles. The van der Waals surface area contributed by atoms with Crippen LogP contribution in [0.1, 0.15) is 13.8 Å². The lowest BCUT2D eigenvalue weighted by Crippen LogP contribution is -2.31. The Morgan fingerprint density at radius 2 is 1.09 bits per heavy atom. The first-order valence-electron chi connectivity index (χ1n) is 4.53. The summed E-state index contributed by atoms with van der Waals surface area (Å²) in [6, 6.07) is 2.85. The van der Waals surface area contributed by atoms with Gasteiger partial charge in [0.15, 0.2) is 0 Å². The van der Waals surface area contributed by atoms with Crippen LogP contribution in [0.2, 0.25) is 38.3 Å². The molecule has 0 N–H and O–H groups in total. The molecule has 0 aromatic heterocycles. The van der Waals surface area contributed by atoms with Crippen molar-refractivity contribution in [1.82, 2.24) is 0 Å². The minimum atomic E-state index is -0.855. The van der Waals surface area contributed by atoms with E-state index in [2.05, 4.69) is 50.7 Å². The van der Waals surface area contributed by atoms with Crippen LogP contribution in [0, 0.1) is 0 Å². The molecule has 3 heteroatoms. The Balaban J connectivity index is 4.02. The Morgan fingerprint density at radius 1 is 0.818 bits per heavy atom. The van der Waals surface area contributed by atoms with Gasteiger partial charge in [-0.05, 0) is 0 Å². The zero-order valence-corrected chi connectivity index (χ0v) is 11.6. The third-order valence-corrected chi connectivity index (χ3v) is 21.8. The molecule has 0 atom stereocenters. The van der Waals surface area contributed by atoms with Gasteiger partial charge >= 0.3 is 0 Å². The van der Waals surface area contributed by atoms with Crippen molar-refractivity contribution in [3.8, 4) is 0 Å². The molecule has 0 heterocycles. The number of hydrogen-bond donors (Lipinski definition) is 0. The lowest BCUT2D eigenvalue weighted by molar-refractivity contribution is 1.39. The minimum Gasteiger partial charge on any atom is -0.206 e. The number of hydrogen-bond acceptors (Lipinski definition) is 1. The topological polar surface area (TPSA) is 0 Å². The van der Waals surface area contributed by atoms with Crippen molar-refractivity contribution >= 4 is 25.1 Å². The fraction of sp³-hybridized carbons (Fsp3) is 1.00. The standard InChI is InChI=1S/C8H22SSi2/c1-7-10(3,4)9-11(5,6)8-2/h7-8H2,1-6H3. The molecule has 0 fully saturated rings. The molecule has 0 saturated carbocycles. The highest BCUT2D eigenvalue weighted by Gasteiger charge is 2.29. The summed E-state index contributed by atoms with van der Waals surface area (Å²) in [6.45, 7) is 14.7. The van der Waals surface area contributed by atoms with E-state index in [9.17, 15) is 0 Å². The van der Waals surface area contributed by atoms with E-state index in [-0.39, 0.29) is 0 Å². The molecule has 68 valence electrons. The van der Waals surface area contributed by atoms with Gasteiger partial charge in [-0.3, -0.25) is 0 Å². The van der Waals surface area contributed by atoms with Gasteiger partial charge in [-0.1, -0.05) is 52.1 Å². The van der Waals surface area contributed by atoms with E-state index in [1.54, 1.807) is 0 Å². The summed E-state index contributed by atoms with van der Waals surface area (Å²) < 4.78 is 0. The quantitative estimate of drug-likeness (QED) is 0.622. The fourth-order valence-corrected chi connectivity index (χ4v) is 24.1. The van der Waals surface area contributed by atoms with Gasteiger partial charge in [0.2, 0.25) is 0 Å². The van der Waals surface area contributed by atoms with Crippen molar-refractivity contribution in [3.63, 3.8) is 0 Å². The van der Waals surface area contributed by atoms with E-state index in [0.717, 1.165) is 0 Å². The molecule has 0 spiro atoms. The molecule has 0 rings (SSSR count). The van der Waals surface area contributed by atoms with E-state index in [1.807, 2.05) is 0 Å². The van der Waals surface area contributed by atoms with E-state index in [4.69, 9.17) is 0 Å². The van der Waals surface area contributed by atoms with Crippen LogP contribution in [0.3, 0.4) is 0 Å². The van der Waals surface area contributed by atoms with Crippen molar-refractivity contribution in [1.29, 1.82) is 0 Å². The highest BCUT2D eigenvalue weighted by molar-refractivity contribution is 8.49. The summed E-state index contributed by atoms with van der Waals surface area (Å²) in [5.41, 5.74) is 0. The van der Waals surface area contributed by atoms with Crippen molar-refractivity contribution < 1.29 is 0 Å². The van der Waals surface area contributed by atoms with E-state index in [1.165, 1.54) is 12.1 Å². The van der Waals surface area contributed by atoms with Crippen LogP contribution in [0.15, 0.2) is 0 Å². The first-order chi connectivity index (χ1) is 4.83. The maximum Gasteiger partial charge on any atom is 0.103 e. The summed E-state index contributed by atoms with van der Waals surface area (Å²) in [5, 5.41) is 0. The van der Waals surface area contributed by atoms with Crippen LogP contribution < -0.4 is 0 Å². The Labute approximate surface area is 77.5 Å². The maximum atomic E-state index is 2.50. The van der Waals surface area contributed by atoms with Gasteiger partial charge in [0, 0.05) is 0 Å². The molecule has 0 unspecified atom stereocenters. The minimum absolute atomic E-state index is 0.855. The second kappa shape index (κ2) is 4.14. The van der Waals surface area contributed by atoms with E-state index < -0.39 is 14.4 Å². The zero-order chi connectivity index (χ0) is 9.12. The summed E-state index contributed by atoms with van der Waals surface area (Å²) in [7, 11) is 0.671. The molecular formula is C8H22SSi2. The van der Waals surface area contributed by atoms with Crippen LogP contribution in [0.4, 0.5) is 0 Å². The van der Waals surface area contributed by atoms with Crippen LogP contribution >= 0.6 is 10.7 Å². The van der Waals surface area contributed by atoms with Gasteiger partial charge < -0.3 is 0 Å². The Morgan fingerprint density at radius 3 is 1.27 bits per heavy atom. The fourth-order valence-electron chi connectivity index (χ4n) is 0.892. The molecule has 0 aliphatic carbocycles. The molecule has 0 aliphatic heterocycles. The summed E-state index contributed by atoms with van der Waals surface area (Å²) in [6.07, 6.45) is 0. The third-order valence-electron chi connectivity index (χ3n) is 2.26. The summed E-state index contributed by atoms with van der Waals surface area (Å²) >= 11 is 0. The molecule has 0 amide bonds. The maximum absolute atomic E-state index is 2.50. The Kier molecular flexibility index (Phi) is 4.44. The second-order valence-corrected chi connectivity index (χ2v) is 22.1.